The summed E-state index contributed by atoms with van der Waals surface area (Å²) in [5.74, 6) is 0.252. The number of thiophene rings is 1. The largest absolute Gasteiger partial charge is 0.335 e. The van der Waals surface area contributed by atoms with Crippen molar-refractivity contribution in [1.29, 1.82) is 0 Å². The Kier molecular flexibility index (Phi) is 5.18. The minimum Gasteiger partial charge on any atom is -0.335 e. The SMILES string of the molecule is O=C(c1cc2c(s1)CCCC2)N1CCN(CCc2ccccc2)CC1. The van der Waals surface area contributed by atoms with Gasteiger partial charge in [-0.15, -0.1) is 11.3 Å². The van der Waals surface area contributed by atoms with E-state index in [1.54, 1.807) is 11.3 Å². The van der Waals surface area contributed by atoms with Gasteiger partial charge in [-0.05, 0) is 49.3 Å². The van der Waals surface area contributed by atoms with Gasteiger partial charge in [0.25, 0.3) is 5.91 Å². The molecule has 0 unspecified atom stereocenters. The van der Waals surface area contributed by atoms with Crippen LogP contribution in [0.2, 0.25) is 0 Å². The maximum atomic E-state index is 12.8. The zero-order valence-corrected chi connectivity index (χ0v) is 15.6. The Morgan fingerprint density at radius 2 is 1.76 bits per heavy atom. The number of amides is 1. The van der Waals surface area contributed by atoms with Crippen molar-refractivity contribution >= 4 is 17.2 Å². The monoisotopic (exact) mass is 354 g/mol. The molecule has 0 radical (unpaired) electrons. The Morgan fingerprint density at radius 1 is 1.00 bits per heavy atom. The van der Waals surface area contributed by atoms with E-state index in [4.69, 9.17) is 0 Å². The number of rotatable bonds is 4. The molecule has 0 saturated carbocycles. The predicted octanol–water partition coefficient (Wildman–Crippen LogP) is 3.63. The summed E-state index contributed by atoms with van der Waals surface area (Å²) in [5, 5.41) is 0. The first kappa shape index (κ1) is 16.8. The van der Waals surface area contributed by atoms with E-state index < -0.39 is 0 Å². The van der Waals surface area contributed by atoms with E-state index >= 15 is 0 Å². The summed E-state index contributed by atoms with van der Waals surface area (Å²) in [7, 11) is 0. The lowest BCUT2D eigenvalue weighted by Gasteiger charge is -2.34. The number of hydrogen-bond donors (Lipinski definition) is 0. The van der Waals surface area contributed by atoms with Crippen LogP contribution in [0.5, 0.6) is 0 Å². The normalized spacial score (nSPS) is 18.2. The molecule has 132 valence electrons. The Hall–Kier alpha value is -1.65. The molecule has 25 heavy (non-hydrogen) atoms. The quantitative estimate of drug-likeness (QED) is 0.837. The zero-order valence-electron chi connectivity index (χ0n) is 14.7. The highest BCUT2D eigenvalue weighted by Crippen LogP contribution is 2.30. The molecule has 1 aromatic heterocycles. The average molecular weight is 355 g/mol. The predicted molar refractivity (Wildman–Crippen MR) is 103 cm³/mol. The molecule has 1 amide bonds. The number of fused-ring (bicyclic) bond motifs is 1. The molecule has 0 spiro atoms. The lowest BCUT2D eigenvalue weighted by Crippen LogP contribution is -2.49. The highest BCUT2D eigenvalue weighted by atomic mass is 32.1. The Labute approximate surface area is 154 Å². The van der Waals surface area contributed by atoms with Crippen molar-refractivity contribution in [2.24, 2.45) is 0 Å². The lowest BCUT2D eigenvalue weighted by molar-refractivity contribution is 0.0643. The molecule has 1 aliphatic carbocycles. The number of hydrogen-bond acceptors (Lipinski definition) is 3. The molecule has 1 fully saturated rings. The summed E-state index contributed by atoms with van der Waals surface area (Å²) in [4.78, 5) is 19.8. The van der Waals surface area contributed by atoms with Crippen molar-refractivity contribution < 1.29 is 4.79 Å². The van der Waals surface area contributed by atoms with Gasteiger partial charge in [0.2, 0.25) is 0 Å². The number of carbonyl (C=O) groups excluding carboxylic acids is 1. The fraction of sp³-hybridized carbons (Fsp3) is 0.476. The van der Waals surface area contributed by atoms with Gasteiger partial charge in [0.15, 0.2) is 0 Å². The summed E-state index contributed by atoms with van der Waals surface area (Å²) in [6, 6.07) is 12.8. The first-order valence-corrected chi connectivity index (χ1v) is 10.3. The topological polar surface area (TPSA) is 23.6 Å². The van der Waals surface area contributed by atoms with Gasteiger partial charge in [0.1, 0.15) is 0 Å². The third-order valence-corrected chi connectivity index (χ3v) is 6.65. The summed E-state index contributed by atoms with van der Waals surface area (Å²) in [6.07, 6.45) is 5.97. The molecule has 1 aliphatic heterocycles. The van der Waals surface area contributed by atoms with E-state index in [1.807, 2.05) is 0 Å². The summed E-state index contributed by atoms with van der Waals surface area (Å²) in [6.45, 7) is 4.78. The van der Waals surface area contributed by atoms with Crippen LogP contribution in [0.25, 0.3) is 0 Å². The van der Waals surface area contributed by atoms with Crippen LogP contribution >= 0.6 is 11.3 Å². The van der Waals surface area contributed by atoms with Gasteiger partial charge in [0, 0.05) is 37.6 Å². The van der Waals surface area contributed by atoms with E-state index in [0.717, 1.165) is 50.4 Å². The van der Waals surface area contributed by atoms with Gasteiger partial charge in [-0.25, -0.2) is 0 Å². The van der Waals surface area contributed by atoms with Crippen LogP contribution in [-0.4, -0.2) is 48.4 Å². The zero-order chi connectivity index (χ0) is 17.1. The molecular weight excluding hydrogens is 328 g/mol. The minimum atomic E-state index is 0.252. The van der Waals surface area contributed by atoms with Crippen molar-refractivity contribution in [3.63, 3.8) is 0 Å². The van der Waals surface area contributed by atoms with Crippen molar-refractivity contribution in [1.82, 2.24) is 9.80 Å². The molecule has 0 N–H and O–H groups in total. The molecule has 0 bridgehead atoms. The molecule has 4 rings (SSSR count). The molecular formula is C21H26N2OS. The van der Waals surface area contributed by atoms with E-state index in [2.05, 4.69) is 46.2 Å². The van der Waals surface area contributed by atoms with Gasteiger partial charge in [-0.1, -0.05) is 30.3 Å². The Morgan fingerprint density at radius 3 is 2.52 bits per heavy atom. The van der Waals surface area contributed by atoms with Crippen molar-refractivity contribution in [2.45, 2.75) is 32.1 Å². The fourth-order valence-electron chi connectivity index (χ4n) is 3.86. The summed E-state index contributed by atoms with van der Waals surface area (Å²) in [5.41, 5.74) is 2.83. The molecule has 2 aromatic rings. The first-order chi connectivity index (χ1) is 12.3. The minimum absolute atomic E-state index is 0.252. The highest BCUT2D eigenvalue weighted by molar-refractivity contribution is 7.14. The highest BCUT2D eigenvalue weighted by Gasteiger charge is 2.24. The van der Waals surface area contributed by atoms with Gasteiger partial charge < -0.3 is 4.90 Å². The van der Waals surface area contributed by atoms with Crippen molar-refractivity contribution in [3.8, 4) is 0 Å². The number of piperazine rings is 1. The third-order valence-electron chi connectivity index (χ3n) is 5.43. The number of aryl methyl sites for hydroxylation is 2. The van der Waals surface area contributed by atoms with Crippen LogP contribution in [-0.2, 0) is 19.3 Å². The molecule has 2 heterocycles. The second-order valence-electron chi connectivity index (χ2n) is 7.14. The van der Waals surface area contributed by atoms with E-state index in [1.165, 1.54) is 35.3 Å². The first-order valence-electron chi connectivity index (χ1n) is 9.47. The number of benzene rings is 1. The van der Waals surface area contributed by atoms with Crippen LogP contribution < -0.4 is 0 Å². The van der Waals surface area contributed by atoms with Crippen LogP contribution in [0.4, 0.5) is 0 Å². The molecule has 3 nitrogen and oxygen atoms in total. The number of nitrogens with zero attached hydrogens (tertiary/aromatic N) is 2. The Balaban J connectivity index is 1.29. The van der Waals surface area contributed by atoms with Crippen LogP contribution in [0.1, 0.15) is 38.5 Å². The van der Waals surface area contributed by atoms with Crippen LogP contribution in [0.3, 0.4) is 0 Å². The van der Waals surface area contributed by atoms with Gasteiger partial charge in [0.05, 0.1) is 4.88 Å². The summed E-state index contributed by atoms with van der Waals surface area (Å²) < 4.78 is 0. The molecule has 1 aromatic carbocycles. The van der Waals surface area contributed by atoms with E-state index in [0.29, 0.717) is 0 Å². The van der Waals surface area contributed by atoms with Crippen molar-refractivity contribution in [2.75, 3.05) is 32.7 Å². The summed E-state index contributed by atoms with van der Waals surface area (Å²) >= 11 is 1.74. The van der Waals surface area contributed by atoms with Crippen LogP contribution in [0, 0.1) is 0 Å². The van der Waals surface area contributed by atoms with Gasteiger partial charge >= 0.3 is 0 Å². The standard InChI is InChI=1S/C21H26N2OS/c24-21(20-16-18-8-4-5-9-19(18)25-20)23-14-12-22(13-15-23)11-10-17-6-2-1-3-7-17/h1-3,6-7,16H,4-5,8-15H2. The van der Waals surface area contributed by atoms with Crippen LogP contribution in [0.15, 0.2) is 36.4 Å². The third kappa shape index (κ3) is 3.96. The fourth-order valence-corrected chi connectivity index (χ4v) is 5.08. The van der Waals surface area contributed by atoms with Gasteiger partial charge in [-0.3, -0.25) is 9.69 Å². The van der Waals surface area contributed by atoms with Crippen molar-refractivity contribution in [3.05, 3.63) is 57.3 Å². The van der Waals surface area contributed by atoms with E-state index in [-0.39, 0.29) is 5.91 Å². The van der Waals surface area contributed by atoms with E-state index in [9.17, 15) is 4.79 Å². The lowest BCUT2D eigenvalue weighted by atomic mass is 9.99. The maximum Gasteiger partial charge on any atom is 0.264 e. The Bertz CT molecular complexity index is 693. The second-order valence-corrected chi connectivity index (χ2v) is 8.27. The molecule has 4 heteroatoms. The second kappa shape index (κ2) is 7.71. The smallest absolute Gasteiger partial charge is 0.264 e. The number of carbonyl (C=O) groups is 1. The molecule has 1 saturated heterocycles. The maximum absolute atomic E-state index is 12.8. The van der Waals surface area contributed by atoms with Gasteiger partial charge in [-0.2, -0.15) is 0 Å². The molecule has 2 aliphatic rings. The average Bonchev–Trinajstić information content (AvgIpc) is 3.11. The molecule has 0 atom stereocenters.